The third-order valence-electron chi connectivity index (χ3n) is 7.17. The molecule has 0 fully saturated rings. The van der Waals surface area contributed by atoms with Crippen molar-refractivity contribution < 1.29 is 38.1 Å². The van der Waals surface area contributed by atoms with E-state index in [-0.39, 0.29) is 25.6 Å². The molecule has 0 aliphatic rings. The van der Waals surface area contributed by atoms with Gasteiger partial charge in [0.1, 0.15) is 22.9 Å². The number of anilines is 1. The molecular weight excluding hydrogens is 606 g/mol. The van der Waals surface area contributed by atoms with Gasteiger partial charge in [-0.3, -0.25) is 14.5 Å². The molecule has 0 saturated heterocycles. The van der Waals surface area contributed by atoms with Crippen LogP contribution in [-0.4, -0.2) is 82.9 Å². The molecule has 2 N–H and O–H groups in total. The van der Waals surface area contributed by atoms with Crippen LogP contribution in [0.2, 0.25) is 0 Å². The third kappa shape index (κ3) is 10.3. The number of nitrogens with one attached hydrogen (secondary N) is 2. The highest BCUT2D eigenvalue weighted by atomic mass is 16.6. The SMILES string of the molecule is CCOC(=O)C(c1ccc(OC)cc1)n1cnc(NC(=O)C(COCc2ccccc2)NC(=O)C(C)(C)N(C)C(=O)OC(C)(C)C)c1. The molecule has 2 atom stereocenters. The number of ether oxygens (including phenoxy) is 4. The maximum Gasteiger partial charge on any atom is 0.410 e. The first-order chi connectivity index (χ1) is 22.2. The fraction of sp³-hybridized carbons (Fsp3) is 0.441. The van der Waals surface area contributed by atoms with Gasteiger partial charge < -0.3 is 34.1 Å². The fourth-order valence-corrected chi connectivity index (χ4v) is 4.29. The van der Waals surface area contributed by atoms with Crippen LogP contribution in [0.15, 0.2) is 67.1 Å². The Labute approximate surface area is 275 Å². The molecule has 3 amide bonds. The second-order valence-corrected chi connectivity index (χ2v) is 12.2. The average molecular weight is 652 g/mol. The summed E-state index contributed by atoms with van der Waals surface area (Å²) in [6, 6.07) is 14.2. The monoisotopic (exact) mass is 651 g/mol. The molecule has 0 aliphatic heterocycles. The maximum absolute atomic E-state index is 13.6. The third-order valence-corrected chi connectivity index (χ3v) is 7.17. The van der Waals surface area contributed by atoms with Crippen LogP contribution in [0.5, 0.6) is 5.75 Å². The van der Waals surface area contributed by atoms with E-state index in [1.54, 1.807) is 72.9 Å². The highest BCUT2D eigenvalue weighted by molar-refractivity contribution is 5.98. The number of carbonyl (C=O) groups is 4. The van der Waals surface area contributed by atoms with Gasteiger partial charge in [0.15, 0.2) is 11.9 Å². The van der Waals surface area contributed by atoms with E-state index in [1.807, 2.05) is 30.3 Å². The summed E-state index contributed by atoms with van der Waals surface area (Å²) >= 11 is 0. The van der Waals surface area contributed by atoms with Crippen molar-refractivity contribution in [3.63, 3.8) is 0 Å². The lowest BCUT2D eigenvalue weighted by atomic mass is 10.0. The topological polar surface area (TPSA) is 150 Å². The largest absolute Gasteiger partial charge is 0.497 e. The van der Waals surface area contributed by atoms with Gasteiger partial charge in [0.2, 0.25) is 5.91 Å². The molecule has 3 rings (SSSR count). The van der Waals surface area contributed by atoms with E-state index in [4.69, 9.17) is 18.9 Å². The molecule has 254 valence electrons. The number of esters is 1. The number of imidazole rings is 1. The highest BCUT2D eigenvalue weighted by Gasteiger charge is 2.39. The molecule has 47 heavy (non-hydrogen) atoms. The number of amides is 3. The van der Waals surface area contributed by atoms with Gasteiger partial charge in [0, 0.05) is 13.2 Å². The lowest BCUT2D eigenvalue weighted by molar-refractivity contribution is -0.145. The molecule has 0 bridgehead atoms. The summed E-state index contributed by atoms with van der Waals surface area (Å²) in [6.45, 7) is 10.2. The molecule has 0 radical (unpaired) electrons. The van der Waals surface area contributed by atoms with Crippen molar-refractivity contribution in [1.82, 2.24) is 19.8 Å². The molecule has 1 aromatic heterocycles. The molecule has 1 heterocycles. The molecule has 0 aliphatic carbocycles. The fourth-order valence-electron chi connectivity index (χ4n) is 4.29. The van der Waals surface area contributed by atoms with Crippen molar-refractivity contribution in [2.24, 2.45) is 0 Å². The lowest BCUT2D eigenvalue weighted by Crippen LogP contribution is -2.60. The van der Waals surface area contributed by atoms with E-state index >= 15 is 0 Å². The molecule has 0 saturated carbocycles. The second-order valence-electron chi connectivity index (χ2n) is 12.2. The van der Waals surface area contributed by atoms with Gasteiger partial charge in [-0.1, -0.05) is 42.5 Å². The number of likely N-dealkylation sites (N-methyl/N-ethyl adjacent to an activating group) is 1. The number of hydrogen-bond donors (Lipinski definition) is 2. The molecular formula is C34H45N5O8. The quantitative estimate of drug-likeness (QED) is 0.243. The summed E-state index contributed by atoms with van der Waals surface area (Å²) in [4.78, 5) is 58.3. The predicted molar refractivity (Wildman–Crippen MR) is 175 cm³/mol. The summed E-state index contributed by atoms with van der Waals surface area (Å²) in [6.07, 6.45) is 2.20. The van der Waals surface area contributed by atoms with Gasteiger partial charge in [-0.15, -0.1) is 0 Å². The number of hydrogen-bond acceptors (Lipinski definition) is 9. The maximum atomic E-state index is 13.6. The van der Waals surface area contributed by atoms with E-state index < -0.39 is 47.1 Å². The Kier molecular flexibility index (Phi) is 12.5. The minimum atomic E-state index is -1.40. The zero-order valence-electron chi connectivity index (χ0n) is 28.2. The van der Waals surface area contributed by atoms with Gasteiger partial charge in [0.25, 0.3) is 5.91 Å². The van der Waals surface area contributed by atoms with E-state index in [1.165, 1.54) is 29.0 Å². The predicted octanol–water partition coefficient (Wildman–Crippen LogP) is 4.33. The van der Waals surface area contributed by atoms with Gasteiger partial charge in [-0.05, 0) is 64.8 Å². The van der Waals surface area contributed by atoms with E-state index in [0.29, 0.717) is 11.3 Å². The number of rotatable bonds is 14. The van der Waals surface area contributed by atoms with E-state index in [2.05, 4.69) is 15.6 Å². The number of methoxy groups -OCH3 is 1. The number of carbonyl (C=O) groups excluding carboxylic acids is 4. The van der Waals surface area contributed by atoms with Crippen LogP contribution in [0, 0.1) is 0 Å². The van der Waals surface area contributed by atoms with Crippen molar-refractivity contribution in [2.75, 3.05) is 32.7 Å². The van der Waals surface area contributed by atoms with Crippen LogP contribution in [0.25, 0.3) is 0 Å². The molecule has 13 heteroatoms. The summed E-state index contributed by atoms with van der Waals surface area (Å²) < 4.78 is 23.3. The van der Waals surface area contributed by atoms with Crippen molar-refractivity contribution in [2.45, 2.75) is 71.4 Å². The van der Waals surface area contributed by atoms with Gasteiger partial charge in [-0.25, -0.2) is 14.6 Å². The summed E-state index contributed by atoms with van der Waals surface area (Å²) in [7, 11) is 3.00. The van der Waals surface area contributed by atoms with Crippen molar-refractivity contribution in [1.29, 1.82) is 0 Å². The first kappa shape index (κ1) is 36.6. The lowest BCUT2D eigenvalue weighted by Gasteiger charge is -2.36. The van der Waals surface area contributed by atoms with E-state index in [9.17, 15) is 19.2 Å². The van der Waals surface area contributed by atoms with Gasteiger partial charge >= 0.3 is 12.1 Å². The number of aromatic nitrogens is 2. The Hall–Kier alpha value is -4.91. The van der Waals surface area contributed by atoms with Crippen molar-refractivity contribution in [3.8, 4) is 5.75 Å². The standard InChI is InChI=1S/C34H45N5O8/c1-9-46-30(41)28(24-15-17-25(44-8)18-16-24)39-19-27(35-22-39)37-29(40)26(21-45-20-23-13-11-10-12-14-23)36-31(42)34(5,6)38(7)32(43)47-33(2,3)4/h10-19,22,26,28H,9,20-21H2,1-8H3,(H,36,42)(H,37,40). The minimum Gasteiger partial charge on any atom is -0.497 e. The van der Waals surface area contributed by atoms with Gasteiger partial charge in [-0.2, -0.15) is 0 Å². The van der Waals surface area contributed by atoms with E-state index in [0.717, 1.165) is 5.56 Å². The summed E-state index contributed by atoms with van der Waals surface area (Å²) in [5, 5.41) is 5.42. The highest BCUT2D eigenvalue weighted by Crippen LogP contribution is 2.24. The first-order valence-corrected chi connectivity index (χ1v) is 15.2. The molecule has 0 spiro atoms. The zero-order chi connectivity index (χ0) is 34.8. The van der Waals surface area contributed by atoms with Gasteiger partial charge in [0.05, 0.1) is 33.3 Å². The van der Waals surface area contributed by atoms with Crippen LogP contribution in [0.1, 0.15) is 58.7 Å². The average Bonchev–Trinajstić information content (AvgIpc) is 3.47. The van der Waals surface area contributed by atoms with Crippen LogP contribution < -0.4 is 15.4 Å². The molecule has 13 nitrogen and oxygen atoms in total. The summed E-state index contributed by atoms with van der Waals surface area (Å²) in [5.41, 5.74) is -0.664. The Morgan fingerprint density at radius 2 is 1.64 bits per heavy atom. The summed E-state index contributed by atoms with van der Waals surface area (Å²) in [5.74, 6) is -0.988. The van der Waals surface area contributed by atoms with Crippen molar-refractivity contribution >= 4 is 29.7 Å². The number of nitrogens with zero attached hydrogens (tertiary/aromatic N) is 3. The van der Waals surface area contributed by atoms with Crippen LogP contribution >= 0.6 is 0 Å². The number of benzene rings is 2. The van der Waals surface area contributed by atoms with Crippen LogP contribution in [0.3, 0.4) is 0 Å². The zero-order valence-corrected chi connectivity index (χ0v) is 28.2. The minimum absolute atomic E-state index is 0.130. The first-order valence-electron chi connectivity index (χ1n) is 15.2. The Morgan fingerprint density at radius 1 is 0.979 bits per heavy atom. The van der Waals surface area contributed by atoms with Crippen LogP contribution in [-0.2, 0) is 35.2 Å². The normalized spacial score (nSPS) is 12.8. The van der Waals surface area contributed by atoms with Crippen molar-refractivity contribution in [3.05, 3.63) is 78.2 Å². The molecule has 3 aromatic rings. The Balaban J connectivity index is 1.82. The molecule has 2 aromatic carbocycles. The second kappa shape index (κ2) is 16.1. The smallest absolute Gasteiger partial charge is 0.410 e. The Morgan fingerprint density at radius 3 is 2.23 bits per heavy atom. The molecule has 2 unspecified atom stereocenters. The Bertz CT molecular complexity index is 1500. The van der Waals surface area contributed by atoms with Crippen LogP contribution in [0.4, 0.5) is 10.6 Å².